The third-order valence-electron chi connectivity index (χ3n) is 2.37. The molecular formula is C11H14F2N4OS2. The Morgan fingerprint density at radius 3 is 2.95 bits per heavy atom. The van der Waals surface area contributed by atoms with Crippen molar-refractivity contribution in [3.05, 3.63) is 10.4 Å². The van der Waals surface area contributed by atoms with Gasteiger partial charge in [-0.15, -0.1) is 11.3 Å². The van der Waals surface area contributed by atoms with Gasteiger partial charge in [-0.3, -0.25) is 0 Å². The number of thiazole rings is 1. The molecule has 0 saturated heterocycles. The number of halogens is 2. The summed E-state index contributed by atoms with van der Waals surface area (Å²) in [4.78, 5) is 4.38. The van der Waals surface area contributed by atoms with Gasteiger partial charge in [0.15, 0.2) is 0 Å². The van der Waals surface area contributed by atoms with Crippen molar-refractivity contribution in [3.63, 3.8) is 0 Å². The summed E-state index contributed by atoms with van der Waals surface area (Å²) in [5.41, 5.74) is 7.38. The molecule has 3 N–H and O–H groups in total. The number of hydrogen-bond acceptors (Lipinski definition) is 7. The lowest BCUT2D eigenvalue weighted by Crippen LogP contribution is -2.12. The Hall–Kier alpha value is -1.32. The number of nitrogens with two attached hydrogens (primary N) is 1. The minimum atomic E-state index is -2.44. The van der Waals surface area contributed by atoms with E-state index in [9.17, 15) is 8.78 Å². The van der Waals surface area contributed by atoms with Gasteiger partial charge >= 0.3 is 0 Å². The fraction of sp³-hybridized carbons (Fsp3) is 0.455. The molecule has 2 aromatic heterocycles. The molecule has 0 aliphatic rings. The van der Waals surface area contributed by atoms with Crippen LogP contribution in [-0.2, 0) is 4.74 Å². The molecule has 2 heterocycles. The zero-order valence-corrected chi connectivity index (χ0v) is 12.4. The summed E-state index contributed by atoms with van der Waals surface area (Å²) in [6.07, 6.45) is -2.44. The standard InChI is InChI=1S/C11H14F2N4OS2/c1-6-16-7(5-19-6)9-10(14)17-20-11(9)15-2-3-18-4-8(12)13/h5,8,15H,2-4H2,1H3,(H2,14,17). The minimum absolute atomic E-state index is 0.192. The van der Waals surface area contributed by atoms with Crippen molar-refractivity contribution in [2.24, 2.45) is 0 Å². The SMILES string of the molecule is Cc1nc(-c2c(N)nsc2NCCOCC(F)F)cs1. The normalized spacial score (nSPS) is 11.2. The Kier molecular flexibility index (Phi) is 5.21. The molecular weight excluding hydrogens is 306 g/mol. The molecule has 0 saturated carbocycles. The maximum Gasteiger partial charge on any atom is 0.261 e. The molecule has 20 heavy (non-hydrogen) atoms. The van der Waals surface area contributed by atoms with Crippen LogP contribution in [0.4, 0.5) is 19.6 Å². The van der Waals surface area contributed by atoms with E-state index in [0.29, 0.717) is 12.4 Å². The lowest BCUT2D eigenvalue weighted by Gasteiger charge is -2.06. The Morgan fingerprint density at radius 1 is 1.50 bits per heavy atom. The molecule has 0 aliphatic carbocycles. The van der Waals surface area contributed by atoms with Crippen LogP contribution >= 0.6 is 22.9 Å². The Bertz CT molecular complexity index is 558. The first kappa shape index (κ1) is 15.1. The molecule has 2 aromatic rings. The second-order valence-corrected chi connectivity index (χ2v) is 5.75. The number of rotatable bonds is 7. The zero-order valence-electron chi connectivity index (χ0n) is 10.7. The van der Waals surface area contributed by atoms with Gasteiger partial charge < -0.3 is 15.8 Å². The highest BCUT2D eigenvalue weighted by Crippen LogP contribution is 2.36. The van der Waals surface area contributed by atoms with Crippen LogP contribution in [0.5, 0.6) is 0 Å². The van der Waals surface area contributed by atoms with E-state index in [-0.39, 0.29) is 6.61 Å². The van der Waals surface area contributed by atoms with Crippen LogP contribution in [0.25, 0.3) is 11.3 Å². The number of nitrogens with one attached hydrogen (secondary N) is 1. The Balaban J connectivity index is 1.96. The number of aryl methyl sites for hydroxylation is 1. The van der Waals surface area contributed by atoms with E-state index in [4.69, 9.17) is 10.5 Å². The fourth-order valence-corrected chi connectivity index (χ4v) is 2.91. The summed E-state index contributed by atoms with van der Waals surface area (Å²) in [5, 5.41) is 6.71. The van der Waals surface area contributed by atoms with Gasteiger partial charge in [-0.1, -0.05) is 0 Å². The molecule has 0 unspecified atom stereocenters. The van der Waals surface area contributed by atoms with E-state index < -0.39 is 13.0 Å². The average Bonchev–Trinajstić information content (AvgIpc) is 2.95. The molecule has 0 radical (unpaired) electrons. The highest BCUT2D eigenvalue weighted by Gasteiger charge is 2.15. The van der Waals surface area contributed by atoms with Crippen LogP contribution in [0.3, 0.4) is 0 Å². The summed E-state index contributed by atoms with van der Waals surface area (Å²) in [5.74, 6) is 0.413. The van der Waals surface area contributed by atoms with Crippen molar-refractivity contribution < 1.29 is 13.5 Å². The lowest BCUT2D eigenvalue weighted by molar-refractivity contribution is 0.0215. The molecule has 0 amide bonds. The smallest absolute Gasteiger partial charge is 0.261 e. The topological polar surface area (TPSA) is 73.1 Å². The molecule has 0 aliphatic heterocycles. The van der Waals surface area contributed by atoms with Gasteiger partial charge in [-0.2, -0.15) is 4.37 Å². The molecule has 2 rings (SSSR count). The molecule has 5 nitrogen and oxygen atoms in total. The van der Waals surface area contributed by atoms with Gasteiger partial charge in [0, 0.05) is 11.9 Å². The van der Waals surface area contributed by atoms with Crippen molar-refractivity contribution in [2.45, 2.75) is 13.3 Å². The fourth-order valence-electron chi connectivity index (χ4n) is 1.56. The number of nitrogen functional groups attached to an aromatic ring is 1. The van der Waals surface area contributed by atoms with Crippen LogP contribution in [0.1, 0.15) is 5.01 Å². The second kappa shape index (κ2) is 6.91. The van der Waals surface area contributed by atoms with Crippen LogP contribution in [0.15, 0.2) is 5.38 Å². The van der Waals surface area contributed by atoms with Gasteiger partial charge in [0.2, 0.25) is 0 Å². The largest absolute Gasteiger partial charge is 0.382 e. The molecule has 9 heteroatoms. The summed E-state index contributed by atoms with van der Waals surface area (Å²) in [6.45, 7) is 1.96. The first-order valence-electron chi connectivity index (χ1n) is 5.85. The molecule has 0 spiro atoms. The second-order valence-electron chi connectivity index (χ2n) is 3.92. The van der Waals surface area contributed by atoms with Crippen LogP contribution in [0, 0.1) is 6.92 Å². The molecule has 0 fully saturated rings. The van der Waals surface area contributed by atoms with E-state index in [1.54, 1.807) is 0 Å². The minimum Gasteiger partial charge on any atom is -0.382 e. The average molecular weight is 320 g/mol. The summed E-state index contributed by atoms with van der Waals surface area (Å²) < 4.78 is 32.7. The highest BCUT2D eigenvalue weighted by molar-refractivity contribution is 7.11. The summed E-state index contributed by atoms with van der Waals surface area (Å²) in [7, 11) is 0. The zero-order chi connectivity index (χ0) is 14.5. The number of aromatic nitrogens is 2. The van der Waals surface area contributed by atoms with E-state index in [1.165, 1.54) is 22.9 Å². The Morgan fingerprint density at radius 2 is 2.30 bits per heavy atom. The predicted octanol–water partition coefficient (Wildman–Crippen LogP) is 2.85. The predicted molar refractivity (Wildman–Crippen MR) is 77.7 cm³/mol. The van der Waals surface area contributed by atoms with Crippen LogP contribution in [0.2, 0.25) is 0 Å². The number of ether oxygens (including phenoxy) is 1. The quantitative estimate of drug-likeness (QED) is 0.768. The van der Waals surface area contributed by atoms with Gasteiger partial charge in [-0.25, -0.2) is 13.8 Å². The van der Waals surface area contributed by atoms with Crippen molar-refractivity contribution in [2.75, 3.05) is 30.8 Å². The number of hydrogen-bond donors (Lipinski definition) is 2. The van der Waals surface area contributed by atoms with E-state index in [0.717, 1.165) is 21.3 Å². The van der Waals surface area contributed by atoms with E-state index >= 15 is 0 Å². The molecule has 0 atom stereocenters. The number of alkyl halides is 2. The lowest BCUT2D eigenvalue weighted by atomic mass is 10.2. The van der Waals surface area contributed by atoms with Crippen molar-refractivity contribution >= 4 is 33.7 Å². The summed E-state index contributed by atoms with van der Waals surface area (Å²) >= 11 is 2.75. The molecule has 110 valence electrons. The Labute approximate surface area is 123 Å². The monoisotopic (exact) mass is 320 g/mol. The first-order chi connectivity index (χ1) is 9.58. The van der Waals surface area contributed by atoms with Gasteiger partial charge in [0.1, 0.15) is 17.4 Å². The van der Waals surface area contributed by atoms with Crippen molar-refractivity contribution in [1.29, 1.82) is 0 Å². The van der Waals surface area contributed by atoms with Crippen LogP contribution in [-0.4, -0.2) is 35.5 Å². The third-order valence-corrected chi connectivity index (χ3v) is 3.96. The van der Waals surface area contributed by atoms with Crippen LogP contribution < -0.4 is 11.1 Å². The van der Waals surface area contributed by atoms with Gasteiger partial charge in [0.05, 0.1) is 22.9 Å². The summed E-state index contributed by atoms with van der Waals surface area (Å²) in [6, 6.07) is 0. The maximum absolute atomic E-state index is 11.9. The third kappa shape index (κ3) is 3.84. The highest BCUT2D eigenvalue weighted by atomic mass is 32.1. The first-order valence-corrected chi connectivity index (χ1v) is 7.50. The van der Waals surface area contributed by atoms with Crippen molar-refractivity contribution in [3.8, 4) is 11.3 Å². The maximum atomic E-state index is 11.9. The van der Waals surface area contributed by atoms with E-state index in [1.807, 2.05) is 12.3 Å². The molecule has 0 bridgehead atoms. The molecule has 0 aromatic carbocycles. The number of nitrogens with zero attached hydrogens (tertiary/aromatic N) is 2. The van der Waals surface area contributed by atoms with Crippen molar-refractivity contribution in [1.82, 2.24) is 9.36 Å². The van der Waals surface area contributed by atoms with Gasteiger partial charge in [0.25, 0.3) is 6.43 Å². The van der Waals surface area contributed by atoms with E-state index in [2.05, 4.69) is 14.7 Å². The number of anilines is 2. The van der Waals surface area contributed by atoms with Gasteiger partial charge in [-0.05, 0) is 18.5 Å².